The summed E-state index contributed by atoms with van der Waals surface area (Å²) in [6.45, 7) is 4.05. The SMILES string of the molecule is C/N=C(\N=C(/C)c1c[nH]nc1-c1ccccc1)c1ccc(C)cc1. The Labute approximate surface area is 142 Å². The predicted molar refractivity (Wildman–Crippen MR) is 99.9 cm³/mol. The summed E-state index contributed by atoms with van der Waals surface area (Å²) < 4.78 is 0. The molecule has 0 saturated carbocycles. The number of benzene rings is 2. The Morgan fingerprint density at radius 1 is 1.00 bits per heavy atom. The molecule has 0 saturated heterocycles. The number of aryl methyl sites for hydroxylation is 1. The average molecular weight is 316 g/mol. The Kier molecular flexibility index (Phi) is 4.66. The molecule has 0 unspecified atom stereocenters. The average Bonchev–Trinajstić information content (AvgIpc) is 3.11. The Hall–Kier alpha value is -3.01. The van der Waals surface area contributed by atoms with E-state index in [0.29, 0.717) is 5.84 Å². The summed E-state index contributed by atoms with van der Waals surface area (Å²) in [5.41, 5.74) is 6.05. The number of nitrogens with zero attached hydrogens (tertiary/aromatic N) is 3. The molecule has 0 radical (unpaired) electrons. The second-order valence-corrected chi connectivity index (χ2v) is 5.62. The molecule has 4 heteroatoms. The third kappa shape index (κ3) is 3.33. The molecule has 3 aromatic rings. The van der Waals surface area contributed by atoms with Gasteiger partial charge in [-0.3, -0.25) is 10.1 Å². The number of rotatable bonds is 3. The molecule has 1 N–H and O–H groups in total. The summed E-state index contributed by atoms with van der Waals surface area (Å²) in [5.74, 6) is 0.715. The van der Waals surface area contributed by atoms with Crippen LogP contribution in [0.1, 0.15) is 23.6 Å². The Morgan fingerprint density at radius 2 is 1.71 bits per heavy atom. The maximum Gasteiger partial charge on any atom is 0.154 e. The van der Waals surface area contributed by atoms with Crippen LogP contribution >= 0.6 is 0 Å². The van der Waals surface area contributed by atoms with Crippen molar-refractivity contribution in [1.29, 1.82) is 0 Å². The van der Waals surface area contributed by atoms with Crippen molar-refractivity contribution >= 4 is 11.5 Å². The van der Waals surface area contributed by atoms with Gasteiger partial charge in [0.25, 0.3) is 0 Å². The van der Waals surface area contributed by atoms with E-state index in [0.717, 1.165) is 28.1 Å². The molecule has 0 aliphatic carbocycles. The Bertz CT molecular complexity index is 872. The number of nitrogens with one attached hydrogen (secondary N) is 1. The van der Waals surface area contributed by atoms with Crippen LogP contribution in [0.15, 0.2) is 70.8 Å². The lowest BCUT2D eigenvalue weighted by atomic mass is 10.1. The Morgan fingerprint density at radius 3 is 2.38 bits per heavy atom. The zero-order chi connectivity index (χ0) is 16.9. The van der Waals surface area contributed by atoms with Crippen LogP contribution in [-0.2, 0) is 0 Å². The van der Waals surface area contributed by atoms with Crippen LogP contribution < -0.4 is 0 Å². The lowest BCUT2D eigenvalue weighted by Gasteiger charge is -2.05. The summed E-state index contributed by atoms with van der Waals surface area (Å²) in [6.07, 6.45) is 1.88. The van der Waals surface area contributed by atoms with Crippen LogP contribution in [0.5, 0.6) is 0 Å². The molecular formula is C20H20N4. The van der Waals surface area contributed by atoms with Gasteiger partial charge in [0.15, 0.2) is 5.84 Å². The van der Waals surface area contributed by atoms with Crippen LogP contribution in [0.2, 0.25) is 0 Å². The van der Waals surface area contributed by atoms with Gasteiger partial charge in [0, 0.05) is 29.9 Å². The topological polar surface area (TPSA) is 53.4 Å². The molecule has 0 atom stereocenters. The first-order valence-corrected chi connectivity index (χ1v) is 7.87. The Balaban J connectivity index is 1.97. The van der Waals surface area contributed by atoms with Crippen molar-refractivity contribution in [2.75, 3.05) is 7.05 Å². The van der Waals surface area contributed by atoms with E-state index < -0.39 is 0 Å². The van der Waals surface area contributed by atoms with Gasteiger partial charge in [-0.1, -0.05) is 60.2 Å². The number of aliphatic imine (C=N–C) groups is 2. The number of hydrogen-bond donors (Lipinski definition) is 1. The first kappa shape index (κ1) is 15.9. The molecule has 24 heavy (non-hydrogen) atoms. The first-order valence-electron chi connectivity index (χ1n) is 7.87. The lowest BCUT2D eigenvalue weighted by molar-refractivity contribution is 1.10. The van der Waals surface area contributed by atoms with Crippen LogP contribution in [0.3, 0.4) is 0 Å². The second-order valence-electron chi connectivity index (χ2n) is 5.62. The van der Waals surface area contributed by atoms with Crippen LogP contribution in [0, 0.1) is 6.92 Å². The summed E-state index contributed by atoms with van der Waals surface area (Å²) in [6, 6.07) is 18.3. The monoisotopic (exact) mass is 316 g/mol. The highest BCUT2D eigenvalue weighted by molar-refractivity contribution is 6.13. The molecule has 1 heterocycles. The van der Waals surface area contributed by atoms with E-state index in [4.69, 9.17) is 4.99 Å². The molecule has 0 bridgehead atoms. The van der Waals surface area contributed by atoms with E-state index in [-0.39, 0.29) is 0 Å². The van der Waals surface area contributed by atoms with Crippen LogP contribution in [0.4, 0.5) is 0 Å². The van der Waals surface area contributed by atoms with Crippen molar-refractivity contribution in [3.63, 3.8) is 0 Å². The van der Waals surface area contributed by atoms with E-state index in [9.17, 15) is 0 Å². The van der Waals surface area contributed by atoms with Crippen LogP contribution in [-0.4, -0.2) is 28.8 Å². The highest BCUT2D eigenvalue weighted by Gasteiger charge is 2.12. The quantitative estimate of drug-likeness (QED) is 0.569. The molecule has 1 aromatic heterocycles. The van der Waals surface area contributed by atoms with Crippen LogP contribution in [0.25, 0.3) is 11.3 Å². The summed E-state index contributed by atoms with van der Waals surface area (Å²) in [7, 11) is 1.76. The van der Waals surface area contributed by atoms with Crippen molar-refractivity contribution in [2.24, 2.45) is 9.98 Å². The molecule has 2 aromatic carbocycles. The third-order valence-corrected chi connectivity index (χ3v) is 3.87. The largest absolute Gasteiger partial charge is 0.284 e. The van der Waals surface area contributed by atoms with E-state index in [1.54, 1.807) is 7.05 Å². The number of H-pyrrole nitrogens is 1. The zero-order valence-corrected chi connectivity index (χ0v) is 14.1. The van der Waals surface area contributed by atoms with Crippen molar-refractivity contribution in [3.05, 3.63) is 77.5 Å². The molecule has 0 fully saturated rings. The lowest BCUT2D eigenvalue weighted by Crippen LogP contribution is -2.04. The number of aromatic nitrogens is 2. The van der Waals surface area contributed by atoms with Gasteiger partial charge in [0.2, 0.25) is 0 Å². The van der Waals surface area contributed by atoms with E-state index in [1.807, 2.05) is 55.6 Å². The van der Waals surface area contributed by atoms with Gasteiger partial charge in [0.05, 0.1) is 5.71 Å². The zero-order valence-electron chi connectivity index (χ0n) is 14.1. The third-order valence-electron chi connectivity index (χ3n) is 3.87. The standard InChI is InChI=1S/C20H20N4/c1-14-9-11-17(12-10-14)20(21-3)23-15(2)18-13-22-24-19(18)16-7-5-4-6-8-16/h4-13H,1-3H3,(H,22,24)/b21-20-,23-15+. The van der Waals surface area contributed by atoms with Crippen molar-refractivity contribution < 1.29 is 0 Å². The van der Waals surface area contributed by atoms with Crippen molar-refractivity contribution in [1.82, 2.24) is 10.2 Å². The fourth-order valence-corrected chi connectivity index (χ4v) is 2.55. The maximum atomic E-state index is 4.73. The van der Waals surface area contributed by atoms with E-state index in [2.05, 4.69) is 34.2 Å². The maximum absolute atomic E-state index is 4.73. The summed E-state index contributed by atoms with van der Waals surface area (Å²) in [5, 5.41) is 7.32. The van der Waals surface area contributed by atoms with E-state index in [1.165, 1.54) is 5.56 Å². The number of hydrogen-bond acceptors (Lipinski definition) is 2. The molecule has 0 aliphatic rings. The first-order chi connectivity index (χ1) is 11.7. The minimum Gasteiger partial charge on any atom is -0.284 e. The highest BCUT2D eigenvalue weighted by atomic mass is 15.1. The molecule has 0 amide bonds. The molecule has 0 aliphatic heterocycles. The summed E-state index contributed by atoms with van der Waals surface area (Å²) in [4.78, 5) is 9.07. The molecule has 0 spiro atoms. The summed E-state index contributed by atoms with van der Waals surface area (Å²) >= 11 is 0. The molecule has 3 rings (SSSR count). The van der Waals surface area contributed by atoms with Gasteiger partial charge in [-0.2, -0.15) is 5.10 Å². The fraction of sp³-hybridized carbons (Fsp3) is 0.150. The van der Waals surface area contributed by atoms with E-state index >= 15 is 0 Å². The van der Waals surface area contributed by atoms with Crippen molar-refractivity contribution in [2.45, 2.75) is 13.8 Å². The fourth-order valence-electron chi connectivity index (χ4n) is 2.55. The number of amidine groups is 1. The predicted octanol–water partition coefficient (Wildman–Crippen LogP) is 4.27. The van der Waals surface area contributed by atoms with Gasteiger partial charge in [-0.05, 0) is 13.8 Å². The molecular weight excluding hydrogens is 296 g/mol. The highest BCUT2D eigenvalue weighted by Crippen LogP contribution is 2.21. The van der Waals surface area contributed by atoms with Gasteiger partial charge in [0.1, 0.15) is 5.69 Å². The minimum atomic E-state index is 0.715. The molecule has 4 nitrogen and oxygen atoms in total. The second kappa shape index (κ2) is 7.04. The number of aromatic amines is 1. The smallest absolute Gasteiger partial charge is 0.154 e. The van der Waals surface area contributed by atoms with Gasteiger partial charge >= 0.3 is 0 Å². The van der Waals surface area contributed by atoms with Crippen molar-refractivity contribution in [3.8, 4) is 11.3 Å². The van der Waals surface area contributed by atoms with Gasteiger partial charge < -0.3 is 0 Å². The normalized spacial score (nSPS) is 12.5. The minimum absolute atomic E-state index is 0.715. The van der Waals surface area contributed by atoms with Gasteiger partial charge in [-0.25, -0.2) is 4.99 Å². The van der Waals surface area contributed by atoms with Gasteiger partial charge in [-0.15, -0.1) is 0 Å². The molecule has 120 valence electrons.